The molecule has 1 aromatic carbocycles. The Bertz CT molecular complexity index is 757. The minimum atomic E-state index is -0.601. The zero-order valence-electron chi connectivity index (χ0n) is 12.4. The third-order valence-electron chi connectivity index (χ3n) is 3.01. The molecule has 1 aromatic rings. The first-order chi connectivity index (χ1) is 10.5. The Kier molecular flexibility index (Phi) is 5.06. The molecule has 0 bridgehead atoms. The van der Waals surface area contributed by atoms with E-state index in [0.29, 0.717) is 14.8 Å². The van der Waals surface area contributed by atoms with Crippen LogP contribution in [0.3, 0.4) is 0 Å². The standard InChI is InChI=1S/C14H12Cl2N2O3S2/c1-14(2,3)17-12(19)11(23-13(17)22)5-7-4-10(18(20)21)9(16)6-8(7)15/h4-6H,1-3H3/b11-5+. The van der Waals surface area contributed by atoms with Gasteiger partial charge in [-0.05, 0) is 32.9 Å². The zero-order chi connectivity index (χ0) is 17.5. The second-order valence-electron chi connectivity index (χ2n) is 5.77. The number of halogens is 2. The summed E-state index contributed by atoms with van der Waals surface area (Å²) in [7, 11) is 0. The quantitative estimate of drug-likeness (QED) is 0.311. The number of carbonyl (C=O) groups excluding carboxylic acids is 1. The summed E-state index contributed by atoms with van der Waals surface area (Å²) in [5.41, 5.74) is -0.377. The van der Waals surface area contributed by atoms with Gasteiger partial charge in [-0.25, -0.2) is 0 Å². The molecule has 1 saturated heterocycles. The molecule has 0 radical (unpaired) electrons. The van der Waals surface area contributed by atoms with Crippen molar-refractivity contribution in [2.75, 3.05) is 0 Å². The van der Waals surface area contributed by atoms with Gasteiger partial charge in [-0.2, -0.15) is 0 Å². The summed E-state index contributed by atoms with van der Waals surface area (Å²) >= 11 is 18.3. The average Bonchev–Trinajstić information content (AvgIpc) is 2.66. The molecule has 0 unspecified atom stereocenters. The maximum absolute atomic E-state index is 12.5. The van der Waals surface area contributed by atoms with Gasteiger partial charge >= 0.3 is 0 Å². The molecule has 2 rings (SSSR count). The van der Waals surface area contributed by atoms with Gasteiger partial charge in [0.05, 0.1) is 9.83 Å². The van der Waals surface area contributed by atoms with Crippen molar-refractivity contribution < 1.29 is 9.72 Å². The summed E-state index contributed by atoms with van der Waals surface area (Å²) in [4.78, 5) is 24.8. The van der Waals surface area contributed by atoms with Crippen molar-refractivity contribution >= 4 is 69.2 Å². The van der Waals surface area contributed by atoms with Gasteiger partial charge in [0.1, 0.15) is 9.34 Å². The number of rotatable bonds is 2. The molecule has 1 amide bonds. The molecule has 23 heavy (non-hydrogen) atoms. The number of benzene rings is 1. The molecule has 1 aliphatic rings. The lowest BCUT2D eigenvalue weighted by atomic mass is 10.1. The van der Waals surface area contributed by atoms with Crippen molar-refractivity contribution in [2.24, 2.45) is 0 Å². The zero-order valence-corrected chi connectivity index (χ0v) is 15.6. The SMILES string of the molecule is CC(C)(C)N1C(=O)/C(=C\c2cc([N+](=O)[O-])c(Cl)cc2Cl)SC1=S. The number of nitro groups is 1. The van der Waals surface area contributed by atoms with Gasteiger partial charge in [-0.3, -0.25) is 19.8 Å². The summed E-state index contributed by atoms with van der Waals surface area (Å²) in [6, 6.07) is 2.53. The highest BCUT2D eigenvalue weighted by Gasteiger charge is 2.39. The van der Waals surface area contributed by atoms with E-state index in [9.17, 15) is 14.9 Å². The van der Waals surface area contributed by atoms with E-state index in [1.807, 2.05) is 20.8 Å². The van der Waals surface area contributed by atoms with Gasteiger partial charge < -0.3 is 0 Å². The van der Waals surface area contributed by atoms with Crippen molar-refractivity contribution in [1.29, 1.82) is 0 Å². The number of amides is 1. The van der Waals surface area contributed by atoms with Crippen molar-refractivity contribution in [1.82, 2.24) is 4.90 Å². The Morgan fingerprint density at radius 3 is 2.39 bits per heavy atom. The van der Waals surface area contributed by atoms with Crippen LogP contribution in [0.25, 0.3) is 6.08 Å². The number of nitro benzene ring substituents is 1. The monoisotopic (exact) mass is 390 g/mol. The smallest absolute Gasteiger partial charge is 0.288 e. The number of hydrogen-bond acceptors (Lipinski definition) is 5. The van der Waals surface area contributed by atoms with E-state index in [1.165, 1.54) is 23.1 Å². The van der Waals surface area contributed by atoms with E-state index in [4.69, 9.17) is 35.4 Å². The van der Waals surface area contributed by atoms with E-state index >= 15 is 0 Å². The first-order valence-electron chi connectivity index (χ1n) is 6.44. The molecule has 0 aromatic heterocycles. The van der Waals surface area contributed by atoms with Crippen LogP contribution in [0.15, 0.2) is 17.0 Å². The number of carbonyl (C=O) groups is 1. The summed E-state index contributed by atoms with van der Waals surface area (Å²) < 4.78 is 0.438. The Morgan fingerprint density at radius 1 is 1.30 bits per heavy atom. The molecular weight excluding hydrogens is 379 g/mol. The molecule has 0 N–H and O–H groups in total. The van der Waals surface area contributed by atoms with Gasteiger partial charge in [0.25, 0.3) is 11.6 Å². The van der Waals surface area contributed by atoms with Crippen LogP contribution in [0.2, 0.25) is 10.0 Å². The van der Waals surface area contributed by atoms with Crippen LogP contribution in [0, 0.1) is 10.1 Å². The number of thiocarbonyl (C=S) groups is 1. The van der Waals surface area contributed by atoms with E-state index in [-0.39, 0.29) is 21.6 Å². The Balaban J connectivity index is 2.48. The lowest BCUT2D eigenvalue weighted by Crippen LogP contribution is -2.44. The molecule has 1 aliphatic heterocycles. The minimum absolute atomic E-state index is 0.0561. The van der Waals surface area contributed by atoms with Crippen LogP contribution < -0.4 is 0 Å². The Labute approximate surface area is 152 Å². The van der Waals surface area contributed by atoms with Gasteiger partial charge in [-0.1, -0.05) is 47.2 Å². The Morgan fingerprint density at radius 2 is 1.91 bits per heavy atom. The molecule has 0 saturated carbocycles. The van der Waals surface area contributed by atoms with Crippen LogP contribution in [0.5, 0.6) is 0 Å². The first kappa shape index (κ1) is 18.2. The number of nitrogens with zero attached hydrogens (tertiary/aromatic N) is 2. The predicted octanol–water partition coefficient (Wildman–Crippen LogP) is 4.90. The van der Waals surface area contributed by atoms with Gasteiger partial charge in [0, 0.05) is 22.2 Å². The second kappa shape index (κ2) is 6.39. The van der Waals surface area contributed by atoms with Crippen LogP contribution in [-0.2, 0) is 4.79 Å². The molecular formula is C14H12Cl2N2O3S2. The fraction of sp³-hybridized carbons (Fsp3) is 0.286. The van der Waals surface area contributed by atoms with Crippen molar-refractivity contribution in [3.63, 3.8) is 0 Å². The largest absolute Gasteiger partial charge is 0.288 e. The summed E-state index contributed by atoms with van der Waals surface area (Å²) in [6.07, 6.45) is 1.50. The van der Waals surface area contributed by atoms with E-state index in [2.05, 4.69) is 0 Å². The van der Waals surface area contributed by atoms with Gasteiger partial charge in [0.15, 0.2) is 0 Å². The molecule has 5 nitrogen and oxygen atoms in total. The van der Waals surface area contributed by atoms with Gasteiger partial charge in [0.2, 0.25) is 0 Å². The number of thioether (sulfide) groups is 1. The Hall–Kier alpha value is -1.15. The lowest BCUT2D eigenvalue weighted by molar-refractivity contribution is -0.384. The predicted molar refractivity (Wildman–Crippen MR) is 97.9 cm³/mol. The summed E-state index contributed by atoms with van der Waals surface area (Å²) in [6.45, 7) is 5.63. The molecule has 0 aliphatic carbocycles. The van der Waals surface area contributed by atoms with E-state index in [0.717, 1.165) is 11.8 Å². The second-order valence-corrected chi connectivity index (χ2v) is 8.26. The van der Waals surface area contributed by atoms with Crippen LogP contribution >= 0.6 is 47.2 Å². The van der Waals surface area contributed by atoms with Crippen LogP contribution in [0.1, 0.15) is 26.3 Å². The molecule has 0 atom stereocenters. The number of hydrogen-bond donors (Lipinski definition) is 0. The molecule has 0 spiro atoms. The maximum atomic E-state index is 12.5. The normalized spacial score (nSPS) is 17.3. The van der Waals surface area contributed by atoms with Crippen LogP contribution in [0.4, 0.5) is 5.69 Å². The minimum Gasteiger partial charge on any atom is -0.288 e. The van der Waals surface area contributed by atoms with E-state index in [1.54, 1.807) is 0 Å². The van der Waals surface area contributed by atoms with E-state index < -0.39 is 10.5 Å². The third kappa shape index (κ3) is 3.68. The lowest BCUT2D eigenvalue weighted by Gasteiger charge is -2.30. The van der Waals surface area contributed by atoms with Crippen molar-refractivity contribution in [3.8, 4) is 0 Å². The topological polar surface area (TPSA) is 63.5 Å². The van der Waals surface area contributed by atoms with Crippen LogP contribution in [-0.4, -0.2) is 25.6 Å². The maximum Gasteiger partial charge on any atom is 0.288 e. The van der Waals surface area contributed by atoms with Gasteiger partial charge in [-0.15, -0.1) is 0 Å². The van der Waals surface area contributed by atoms with Crippen molar-refractivity contribution in [2.45, 2.75) is 26.3 Å². The highest BCUT2D eigenvalue weighted by atomic mass is 35.5. The fourth-order valence-corrected chi connectivity index (χ4v) is 4.13. The summed E-state index contributed by atoms with van der Waals surface area (Å²) in [5.74, 6) is -0.249. The average molecular weight is 391 g/mol. The third-order valence-corrected chi connectivity index (χ3v) is 4.95. The summed E-state index contributed by atoms with van der Waals surface area (Å²) in [5, 5.41) is 11.1. The van der Waals surface area contributed by atoms with Crippen molar-refractivity contribution in [3.05, 3.63) is 42.8 Å². The molecule has 9 heteroatoms. The first-order valence-corrected chi connectivity index (χ1v) is 8.42. The molecule has 1 fully saturated rings. The highest BCUT2D eigenvalue weighted by molar-refractivity contribution is 8.26. The highest BCUT2D eigenvalue weighted by Crippen LogP contribution is 2.39. The fourth-order valence-electron chi connectivity index (χ4n) is 1.99. The molecule has 122 valence electrons. The molecule has 1 heterocycles.